The van der Waals surface area contributed by atoms with E-state index >= 15 is 0 Å². The Hall–Kier alpha value is -1.39. The molecular weight excluding hydrogens is 437 g/mol. The molecule has 2 aromatic carbocycles. The van der Waals surface area contributed by atoms with Crippen molar-refractivity contribution in [3.05, 3.63) is 59.7 Å². The van der Waals surface area contributed by atoms with Crippen LogP contribution in [0.1, 0.15) is 17.5 Å². The van der Waals surface area contributed by atoms with E-state index in [0.717, 1.165) is 59.6 Å². The van der Waals surface area contributed by atoms with Crippen molar-refractivity contribution in [2.24, 2.45) is 0 Å². The predicted molar refractivity (Wildman–Crippen MR) is 98.9 cm³/mol. The van der Waals surface area contributed by atoms with Gasteiger partial charge in [0.2, 0.25) is 0 Å². The van der Waals surface area contributed by atoms with Gasteiger partial charge in [0.15, 0.2) is 0 Å². The molecule has 0 saturated carbocycles. The number of morpholine rings is 1. The molecule has 26 heavy (non-hydrogen) atoms. The fraction of sp³-hybridized carbons (Fsp3) is 0.364. The Kier molecular flexibility index (Phi) is 5.73. The first-order valence-electron chi connectivity index (χ1n) is 8.91. The summed E-state index contributed by atoms with van der Waals surface area (Å²) in [6, 6.07) is 16.2. The minimum absolute atomic E-state index is 0. The van der Waals surface area contributed by atoms with Gasteiger partial charge in [0.05, 0.1) is 20.3 Å². The van der Waals surface area contributed by atoms with Crippen molar-refractivity contribution < 1.29 is 38.3 Å². The van der Waals surface area contributed by atoms with Crippen LogP contribution in [-0.4, -0.2) is 49.5 Å². The Bertz CT molecular complexity index is 801. The normalized spacial score (nSPS) is 18.7. The highest BCUT2D eigenvalue weighted by molar-refractivity contribution is 5.80. The lowest BCUT2D eigenvalue weighted by Crippen LogP contribution is -3.00. The number of fused-ring (bicyclic) bond motifs is 3. The highest BCUT2D eigenvalue weighted by Crippen LogP contribution is 2.48. The smallest absolute Gasteiger partial charge is 0.140 e. The molecule has 1 aliphatic carbocycles. The van der Waals surface area contributed by atoms with Gasteiger partial charge in [-0.1, -0.05) is 54.5 Å². The number of likely N-dealkylation sites (N-methyl/N-ethyl adjacent to an activating group) is 1. The largest absolute Gasteiger partial charge is 1.00 e. The zero-order valence-corrected chi connectivity index (χ0v) is 17.2. The zero-order valence-electron chi connectivity index (χ0n) is 15.0. The van der Waals surface area contributed by atoms with Crippen molar-refractivity contribution >= 4 is 0 Å². The van der Waals surface area contributed by atoms with E-state index in [4.69, 9.17) is 4.74 Å². The lowest BCUT2D eigenvalue weighted by molar-refractivity contribution is -0.910. The molecule has 1 fully saturated rings. The van der Waals surface area contributed by atoms with Crippen molar-refractivity contribution in [2.45, 2.75) is 12.0 Å². The van der Waals surface area contributed by atoms with E-state index in [1.165, 1.54) is 0 Å². The Morgan fingerprint density at radius 3 is 2.08 bits per heavy atom. The summed E-state index contributed by atoms with van der Waals surface area (Å²) >= 11 is 0. The molecule has 2 aliphatic rings. The number of ether oxygens (including phenoxy) is 1. The van der Waals surface area contributed by atoms with Crippen LogP contribution >= 0.6 is 0 Å². The molecular formula is C22H24INO2. The fourth-order valence-corrected chi connectivity index (χ4v) is 3.87. The van der Waals surface area contributed by atoms with Gasteiger partial charge < -0.3 is 38.3 Å². The van der Waals surface area contributed by atoms with Crippen LogP contribution in [0, 0.1) is 11.8 Å². The molecule has 3 nitrogen and oxygen atoms in total. The average molecular weight is 461 g/mol. The van der Waals surface area contributed by atoms with E-state index in [0.29, 0.717) is 6.42 Å². The standard InChI is InChI=1S/C22H24NO2.HI/c1-23(14-16-25-17-15-23)13-7-6-12-22(24)20-10-4-2-8-18(20)19-9-3-5-11-21(19)22;/h2-5,8-11,24H,12-17H2,1H3;1H/q+1;/p-1. The molecule has 1 aliphatic heterocycles. The Labute approximate surface area is 172 Å². The topological polar surface area (TPSA) is 29.5 Å². The second-order valence-electron chi connectivity index (χ2n) is 7.32. The molecule has 0 amide bonds. The molecule has 2 aromatic rings. The summed E-state index contributed by atoms with van der Waals surface area (Å²) in [5.41, 5.74) is 3.17. The summed E-state index contributed by atoms with van der Waals surface area (Å²) in [7, 11) is 2.23. The summed E-state index contributed by atoms with van der Waals surface area (Å²) in [5, 5.41) is 11.5. The Morgan fingerprint density at radius 1 is 0.962 bits per heavy atom. The van der Waals surface area contributed by atoms with Crippen LogP contribution in [0.25, 0.3) is 11.1 Å². The third-order valence-electron chi connectivity index (χ3n) is 5.52. The van der Waals surface area contributed by atoms with Gasteiger partial charge in [-0.2, -0.15) is 0 Å². The van der Waals surface area contributed by atoms with Gasteiger partial charge >= 0.3 is 0 Å². The molecule has 1 heterocycles. The first kappa shape index (κ1) is 19.4. The van der Waals surface area contributed by atoms with Crippen LogP contribution in [0.15, 0.2) is 48.5 Å². The van der Waals surface area contributed by atoms with E-state index in [1.807, 2.05) is 36.4 Å². The lowest BCUT2D eigenvalue weighted by Gasteiger charge is -2.35. The van der Waals surface area contributed by atoms with Gasteiger partial charge in [0.25, 0.3) is 0 Å². The maximum Gasteiger partial charge on any atom is 0.140 e. The van der Waals surface area contributed by atoms with Crippen molar-refractivity contribution in [1.82, 2.24) is 0 Å². The van der Waals surface area contributed by atoms with E-state index in [2.05, 4.69) is 31.0 Å². The van der Waals surface area contributed by atoms with Crippen molar-refractivity contribution in [3.8, 4) is 23.0 Å². The van der Waals surface area contributed by atoms with E-state index in [9.17, 15) is 5.11 Å². The second-order valence-corrected chi connectivity index (χ2v) is 7.32. The van der Waals surface area contributed by atoms with Gasteiger partial charge in [-0.15, -0.1) is 0 Å². The Balaban J connectivity index is 0.00000196. The minimum Gasteiger partial charge on any atom is -1.00 e. The van der Waals surface area contributed by atoms with Gasteiger partial charge in [0.1, 0.15) is 25.2 Å². The maximum atomic E-state index is 11.5. The fourth-order valence-electron chi connectivity index (χ4n) is 3.87. The summed E-state index contributed by atoms with van der Waals surface area (Å²) in [5.74, 6) is 6.58. The van der Waals surface area contributed by atoms with Crippen LogP contribution in [0.5, 0.6) is 0 Å². The van der Waals surface area contributed by atoms with Gasteiger partial charge in [-0.05, 0) is 28.2 Å². The first-order chi connectivity index (χ1) is 12.1. The van der Waals surface area contributed by atoms with Crippen LogP contribution in [-0.2, 0) is 10.3 Å². The first-order valence-corrected chi connectivity index (χ1v) is 8.91. The molecule has 4 heteroatoms. The molecule has 1 N–H and O–H groups in total. The van der Waals surface area contributed by atoms with Crippen LogP contribution in [0.4, 0.5) is 0 Å². The van der Waals surface area contributed by atoms with E-state index in [-0.39, 0.29) is 24.0 Å². The third-order valence-corrected chi connectivity index (χ3v) is 5.52. The monoisotopic (exact) mass is 461 g/mol. The molecule has 136 valence electrons. The quantitative estimate of drug-likeness (QED) is 0.381. The van der Waals surface area contributed by atoms with Crippen molar-refractivity contribution in [1.29, 1.82) is 0 Å². The third kappa shape index (κ3) is 3.41. The zero-order chi connectivity index (χ0) is 17.3. The SMILES string of the molecule is C[N+]1(CC#CCC2(O)c3ccccc3-c3ccccc32)CCOCC1.[I-]. The number of nitrogens with zero attached hydrogens (tertiary/aromatic N) is 1. The highest BCUT2D eigenvalue weighted by Gasteiger charge is 2.40. The van der Waals surface area contributed by atoms with Gasteiger partial charge in [0, 0.05) is 6.42 Å². The van der Waals surface area contributed by atoms with E-state index in [1.54, 1.807) is 0 Å². The van der Waals surface area contributed by atoms with Crippen LogP contribution < -0.4 is 24.0 Å². The Morgan fingerprint density at radius 2 is 1.50 bits per heavy atom. The number of aliphatic hydroxyl groups is 1. The average Bonchev–Trinajstić information content (AvgIpc) is 2.90. The lowest BCUT2D eigenvalue weighted by atomic mass is 9.88. The summed E-state index contributed by atoms with van der Waals surface area (Å²) in [6.07, 6.45) is 0.428. The predicted octanol–water partition coefficient (Wildman–Crippen LogP) is -0.223. The van der Waals surface area contributed by atoms with Gasteiger partial charge in [-0.25, -0.2) is 0 Å². The van der Waals surface area contributed by atoms with E-state index < -0.39 is 5.60 Å². The number of hydrogen-bond acceptors (Lipinski definition) is 2. The van der Waals surface area contributed by atoms with Crippen molar-refractivity contribution in [3.63, 3.8) is 0 Å². The molecule has 0 bridgehead atoms. The summed E-state index contributed by atoms with van der Waals surface area (Å²) < 4.78 is 6.37. The number of quaternary nitrogens is 1. The summed E-state index contributed by atoms with van der Waals surface area (Å²) in [4.78, 5) is 0. The van der Waals surface area contributed by atoms with Crippen LogP contribution in [0.3, 0.4) is 0 Å². The molecule has 4 rings (SSSR count). The van der Waals surface area contributed by atoms with Crippen LogP contribution in [0.2, 0.25) is 0 Å². The molecule has 0 unspecified atom stereocenters. The summed E-state index contributed by atoms with van der Waals surface area (Å²) in [6.45, 7) is 4.43. The molecule has 0 spiro atoms. The molecule has 0 radical (unpaired) electrons. The maximum absolute atomic E-state index is 11.5. The number of hydrogen-bond donors (Lipinski definition) is 1. The second kappa shape index (κ2) is 7.69. The van der Waals surface area contributed by atoms with Crippen molar-refractivity contribution in [2.75, 3.05) is 39.9 Å². The molecule has 0 aromatic heterocycles. The van der Waals surface area contributed by atoms with Gasteiger partial charge in [-0.3, -0.25) is 0 Å². The molecule has 1 saturated heterocycles. The number of rotatable bonds is 2. The highest BCUT2D eigenvalue weighted by atomic mass is 127. The molecule has 0 atom stereocenters. The number of halogens is 1. The number of benzene rings is 2. The minimum atomic E-state index is -1.01.